The first-order valence-corrected chi connectivity index (χ1v) is 6.92. The van der Waals surface area contributed by atoms with Crippen LogP contribution in [0.2, 0.25) is 0 Å². The minimum atomic E-state index is 1.03. The van der Waals surface area contributed by atoms with E-state index in [1.165, 1.54) is 5.56 Å². The van der Waals surface area contributed by atoms with Gasteiger partial charge in [0.1, 0.15) is 0 Å². The lowest BCUT2D eigenvalue weighted by Crippen LogP contribution is -1.89. The third-order valence-electron chi connectivity index (χ3n) is 3.11. The second kappa shape index (κ2) is 7.20. The van der Waals surface area contributed by atoms with E-state index in [2.05, 4.69) is 56.5 Å². The maximum absolute atomic E-state index is 4.77. The first kappa shape index (κ1) is 14.7. The Labute approximate surface area is 126 Å². The van der Waals surface area contributed by atoms with Gasteiger partial charge in [0.25, 0.3) is 0 Å². The molecule has 0 amide bonds. The number of hydrogen-bond acceptors (Lipinski definition) is 1. The van der Waals surface area contributed by atoms with Crippen LogP contribution in [-0.2, 0) is 0 Å². The molecule has 0 fully saturated rings. The molecule has 1 nitrogen and oxygen atoms in total. The highest BCUT2D eigenvalue weighted by molar-refractivity contribution is 5.67. The summed E-state index contributed by atoms with van der Waals surface area (Å²) < 4.78 is 0. The van der Waals surface area contributed by atoms with Crippen LogP contribution in [0.3, 0.4) is 0 Å². The fraction of sp³-hybridized carbons (Fsp3) is 0.0500. The summed E-state index contributed by atoms with van der Waals surface area (Å²) >= 11 is 0. The molecule has 0 radical (unpaired) electrons. The Morgan fingerprint density at radius 1 is 0.667 bits per heavy atom. The van der Waals surface area contributed by atoms with Crippen molar-refractivity contribution in [3.05, 3.63) is 91.5 Å². The lowest BCUT2D eigenvalue weighted by Gasteiger charge is -2.07. The third-order valence-corrected chi connectivity index (χ3v) is 3.11. The van der Waals surface area contributed by atoms with Gasteiger partial charge in [-0.05, 0) is 24.6 Å². The Bertz CT molecular complexity index is 630. The first-order valence-electron chi connectivity index (χ1n) is 6.92. The van der Waals surface area contributed by atoms with Gasteiger partial charge in [0.15, 0.2) is 0 Å². The van der Waals surface area contributed by atoms with E-state index in [0.29, 0.717) is 0 Å². The van der Waals surface area contributed by atoms with Gasteiger partial charge in [0.05, 0.1) is 11.4 Å². The van der Waals surface area contributed by atoms with E-state index in [9.17, 15) is 0 Å². The summed E-state index contributed by atoms with van der Waals surface area (Å²) in [6.45, 7) is 8.11. The van der Waals surface area contributed by atoms with Crippen molar-refractivity contribution in [2.45, 2.75) is 6.92 Å². The van der Waals surface area contributed by atoms with Gasteiger partial charge in [-0.2, -0.15) is 0 Å². The fourth-order valence-electron chi connectivity index (χ4n) is 2.18. The SMILES string of the molecule is C=C.Cc1cc(-c2ccccc2)nc(-c2ccccc2)c1. The Kier molecular flexibility index (Phi) is 5.05. The number of benzene rings is 2. The van der Waals surface area contributed by atoms with E-state index < -0.39 is 0 Å². The highest BCUT2D eigenvalue weighted by Crippen LogP contribution is 2.24. The Balaban J connectivity index is 0.000000774. The summed E-state index contributed by atoms with van der Waals surface area (Å²) in [5, 5.41) is 0. The summed E-state index contributed by atoms with van der Waals surface area (Å²) in [5.41, 5.74) is 5.60. The molecule has 1 aromatic heterocycles. The van der Waals surface area contributed by atoms with E-state index in [0.717, 1.165) is 22.5 Å². The molecule has 3 rings (SSSR count). The summed E-state index contributed by atoms with van der Waals surface area (Å²) in [6.07, 6.45) is 0. The quantitative estimate of drug-likeness (QED) is 0.560. The first-order chi connectivity index (χ1) is 10.3. The number of aryl methyl sites for hydroxylation is 1. The van der Waals surface area contributed by atoms with Gasteiger partial charge >= 0.3 is 0 Å². The van der Waals surface area contributed by atoms with Crippen LogP contribution in [0.4, 0.5) is 0 Å². The average molecular weight is 273 g/mol. The molecule has 0 aliphatic carbocycles. The normalized spacial score (nSPS) is 9.57. The second-order valence-electron chi connectivity index (χ2n) is 4.65. The summed E-state index contributed by atoms with van der Waals surface area (Å²) in [7, 11) is 0. The summed E-state index contributed by atoms with van der Waals surface area (Å²) in [4.78, 5) is 4.77. The lowest BCUT2D eigenvalue weighted by atomic mass is 10.1. The highest BCUT2D eigenvalue weighted by atomic mass is 14.7. The average Bonchev–Trinajstić information content (AvgIpc) is 2.58. The molecule has 0 atom stereocenters. The van der Waals surface area contributed by atoms with Crippen LogP contribution in [0.1, 0.15) is 5.56 Å². The predicted molar refractivity (Wildman–Crippen MR) is 91.1 cm³/mol. The van der Waals surface area contributed by atoms with E-state index in [1.54, 1.807) is 0 Å². The molecule has 1 heterocycles. The molecule has 0 aliphatic heterocycles. The molecule has 0 aliphatic rings. The smallest absolute Gasteiger partial charge is 0.0712 e. The van der Waals surface area contributed by atoms with Gasteiger partial charge in [-0.3, -0.25) is 0 Å². The molecule has 0 unspecified atom stereocenters. The number of aromatic nitrogens is 1. The number of rotatable bonds is 2. The topological polar surface area (TPSA) is 12.9 Å². The third kappa shape index (κ3) is 3.67. The van der Waals surface area contributed by atoms with Crippen molar-refractivity contribution >= 4 is 0 Å². The Morgan fingerprint density at radius 3 is 1.43 bits per heavy atom. The van der Waals surface area contributed by atoms with Crippen LogP contribution in [0, 0.1) is 6.92 Å². The fourth-order valence-corrected chi connectivity index (χ4v) is 2.18. The van der Waals surface area contributed by atoms with Gasteiger partial charge in [0.2, 0.25) is 0 Å². The zero-order valence-corrected chi connectivity index (χ0v) is 12.3. The largest absolute Gasteiger partial charge is 0.248 e. The monoisotopic (exact) mass is 273 g/mol. The Morgan fingerprint density at radius 2 is 1.05 bits per heavy atom. The number of pyridine rings is 1. The molecule has 0 saturated heterocycles. The van der Waals surface area contributed by atoms with Crippen LogP contribution in [0.5, 0.6) is 0 Å². The van der Waals surface area contributed by atoms with Crippen molar-refractivity contribution in [2.75, 3.05) is 0 Å². The summed E-state index contributed by atoms with van der Waals surface area (Å²) in [6, 6.07) is 24.9. The standard InChI is InChI=1S/C18H15N.C2H4/c1-14-12-17(15-8-4-2-5-9-15)19-18(13-14)16-10-6-3-7-11-16;1-2/h2-13H,1H3;1-2H2. The van der Waals surface area contributed by atoms with Gasteiger partial charge in [0, 0.05) is 11.1 Å². The molecule has 21 heavy (non-hydrogen) atoms. The number of hydrogen-bond donors (Lipinski definition) is 0. The van der Waals surface area contributed by atoms with Crippen molar-refractivity contribution in [1.29, 1.82) is 0 Å². The predicted octanol–water partition coefficient (Wildman–Crippen LogP) is 5.53. The van der Waals surface area contributed by atoms with Gasteiger partial charge in [-0.25, -0.2) is 4.98 Å². The van der Waals surface area contributed by atoms with Crippen LogP contribution < -0.4 is 0 Å². The van der Waals surface area contributed by atoms with Gasteiger partial charge in [-0.15, -0.1) is 13.2 Å². The molecule has 2 aromatic carbocycles. The highest BCUT2D eigenvalue weighted by Gasteiger charge is 2.04. The van der Waals surface area contributed by atoms with Gasteiger partial charge in [-0.1, -0.05) is 60.7 Å². The van der Waals surface area contributed by atoms with E-state index in [-0.39, 0.29) is 0 Å². The molecule has 0 spiro atoms. The van der Waals surface area contributed by atoms with E-state index in [1.807, 2.05) is 36.4 Å². The molecule has 104 valence electrons. The molecule has 3 aromatic rings. The zero-order valence-electron chi connectivity index (χ0n) is 12.3. The molecule has 0 bridgehead atoms. The lowest BCUT2D eigenvalue weighted by molar-refractivity contribution is 1.29. The van der Waals surface area contributed by atoms with Crippen molar-refractivity contribution in [1.82, 2.24) is 4.98 Å². The minimum absolute atomic E-state index is 1.03. The molecule has 1 heteroatoms. The molecular formula is C20H19N. The van der Waals surface area contributed by atoms with E-state index >= 15 is 0 Å². The van der Waals surface area contributed by atoms with Crippen molar-refractivity contribution in [3.63, 3.8) is 0 Å². The van der Waals surface area contributed by atoms with Crippen LogP contribution in [0.15, 0.2) is 86.0 Å². The van der Waals surface area contributed by atoms with Crippen molar-refractivity contribution < 1.29 is 0 Å². The van der Waals surface area contributed by atoms with E-state index in [4.69, 9.17) is 4.98 Å². The van der Waals surface area contributed by atoms with Crippen LogP contribution >= 0.6 is 0 Å². The minimum Gasteiger partial charge on any atom is -0.248 e. The van der Waals surface area contributed by atoms with Crippen LogP contribution in [0.25, 0.3) is 22.5 Å². The maximum Gasteiger partial charge on any atom is 0.0712 e. The summed E-state index contributed by atoms with van der Waals surface area (Å²) in [5.74, 6) is 0. The Hall–Kier alpha value is -2.67. The molecule has 0 saturated carbocycles. The van der Waals surface area contributed by atoms with Crippen molar-refractivity contribution in [2.24, 2.45) is 0 Å². The second-order valence-corrected chi connectivity index (χ2v) is 4.65. The zero-order chi connectivity index (χ0) is 15.1. The maximum atomic E-state index is 4.77. The van der Waals surface area contributed by atoms with Gasteiger partial charge < -0.3 is 0 Å². The van der Waals surface area contributed by atoms with Crippen molar-refractivity contribution in [3.8, 4) is 22.5 Å². The number of nitrogens with zero attached hydrogens (tertiary/aromatic N) is 1. The van der Waals surface area contributed by atoms with Crippen LogP contribution in [-0.4, -0.2) is 4.98 Å². The molecular weight excluding hydrogens is 254 g/mol. The molecule has 0 N–H and O–H groups in total.